The highest BCUT2D eigenvalue weighted by Gasteiger charge is 2.39. The van der Waals surface area contributed by atoms with Crippen LogP contribution >= 0.6 is 0 Å². The largest absolute Gasteiger partial charge is 0.387 e. The predicted octanol–water partition coefficient (Wildman–Crippen LogP) is -0.697. The molecule has 1 aromatic rings. The highest BCUT2D eigenvalue weighted by atomic mass is 16.3. The second kappa shape index (κ2) is 6.18. The van der Waals surface area contributed by atoms with E-state index in [4.69, 9.17) is 0 Å². The van der Waals surface area contributed by atoms with Crippen LogP contribution in [0.1, 0.15) is 19.3 Å². The summed E-state index contributed by atoms with van der Waals surface area (Å²) in [5.41, 5.74) is -1.25. The van der Waals surface area contributed by atoms with Crippen LogP contribution in [0.3, 0.4) is 0 Å². The number of carbonyl (C=O) groups is 1. The first kappa shape index (κ1) is 15.2. The molecule has 3 rings (SSSR count). The molecule has 120 valence electrons. The van der Waals surface area contributed by atoms with Gasteiger partial charge in [0.25, 0.3) is 0 Å². The summed E-state index contributed by atoms with van der Waals surface area (Å²) in [7, 11) is 0. The van der Waals surface area contributed by atoms with E-state index in [0.29, 0.717) is 26.1 Å². The molecule has 1 aromatic heterocycles. The predicted molar refractivity (Wildman–Crippen MR) is 80.3 cm³/mol. The van der Waals surface area contributed by atoms with Gasteiger partial charge in [0.2, 0.25) is 5.91 Å². The van der Waals surface area contributed by atoms with Gasteiger partial charge in [-0.1, -0.05) is 0 Å². The van der Waals surface area contributed by atoms with Crippen molar-refractivity contribution >= 4 is 5.91 Å². The lowest BCUT2D eigenvalue weighted by Gasteiger charge is -2.28. The van der Waals surface area contributed by atoms with Crippen LogP contribution in [0.2, 0.25) is 0 Å². The average molecular weight is 306 g/mol. The van der Waals surface area contributed by atoms with Crippen LogP contribution in [0.5, 0.6) is 0 Å². The molecule has 1 unspecified atom stereocenters. The normalized spacial score (nSPS) is 25.8. The van der Waals surface area contributed by atoms with Crippen LogP contribution in [-0.2, 0) is 11.3 Å². The molecule has 0 aromatic carbocycles. The molecule has 7 heteroatoms. The van der Waals surface area contributed by atoms with E-state index in [9.17, 15) is 14.7 Å². The van der Waals surface area contributed by atoms with Crippen LogP contribution in [0.4, 0.5) is 0 Å². The Morgan fingerprint density at radius 1 is 1.32 bits per heavy atom. The van der Waals surface area contributed by atoms with Crippen molar-refractivity contribution in [1.82, 2.24) is 19.4 Å². The molecule has 0 bridgehead atoms. The topological polar surface area (TPSA) is 78.7 Å². The summed E-state index contributed by atoms with van der Waals surface area (Å²) in [6.45, 7) is 3.55. The third kappa shape index (κ3) is 3.36. The zero-order valence-corrected chi connectivity index (χ0v) is 12.6. The number of rotatable bonds is 4. The number of aromatic nitrogens is 2. The number of nitrogens with zero attached hydrogens (tertiary/aromatic N) is 4. The molecule has 1 atom stereocenters. The third-order valence-electron chi connectivity index (χ3n) is 4.49. The molecule has 0 radical (unpaired) electrons. The minimum absolute atomic E-state index is 0.0214. The van der Waals surface area contributed by atoms with Crippen molar-refractivity contribution in [3.05, 3.63) is 28.9 Å². The minimum atomic E-state index is -0.820. The number of hydrogen-bond acceptors (Lipinski definition) is 5. The quantitative estimate of drug-likeness (QED) is 0.796. The lowest BCUT2D eigenvalue weighted by atomic mass is 10.0. The number of amides is 1. The molecule has 22 heavy (non-hydrogen) atoms. The van der Waals surface area contributed by atoms with Crippen molar-refractivity contribution in [1.29, 1.82) is 0 Å². The van der Waals surface area contributed by atoms with Crippen LogP contribution < -0.4 is 5.69 Å². The first-order valence-electron chi connectivity index (χ1n) is 7.80. The summed E-state index contributed by atoms with van der Waals surface area (Å²) in [4.78, 5) is 31.4. The van der Waals surface area contributed by atoms with E-state index in [1.54, 1.807) is 17.2 Å². The molecular formula is C15H22N4O3. The lowest BCUT2D eigenvalue weighted by molar-refractivity contribution is -0.132. The molecule has 2 fully saturated rings. The zero-order valence-electron chi connectivity index (χ0n) is 12.6. The van der Waals surface area contributed by atoms with Crippen molar-refractivity contribution in [3.63, 3.8) is 0 Å². The van der Waals surface area contributed by atoms with Crippen molar-refractivity contribution in [3.8, 4) is 0 Å². The highest BCUT2D eigenvalue weighted by Crippen LogP contribution is 2.24. The maximum Gasteiger partial charge on any atom is 0.347 e. The van der Waals surface area contributed by atoms with Crippen LogP contribution in [0.25, 0.3) is 0 Å². The highest BCUT2D eigenvalue weighted by molar-refractivity contribution is 5.76. The molecule has 2 aliphatic heterocycles. The Morgan fingerprint density at radius 3 is 2.82 bits per heavy atom. The number of carbonyl (C=O) groups excluding carboxylic acids is 1. The van der Waals surface area contributed by atoms with Gasteiger partial charge in [-0.2, -0.15) is 0 Å². The Balaban J connectivity index is 1.58. The maximum absolute atomic E-state index is 12.3. The van der Waals surface area contributed by atoms with Crippen molar-refractivity contribution < 1.29 is 9.90 Å². The summed E-state index contributed by atoms with van der Waals surface area (Å²) in [6, 6.07) is 1.63. The van der Waals surface area contributed by atoms with Gasteiger partial charge >= 0.3 is 5.69 Å². The second-order valence-electron chi connectivity index (χ2n) is 6.30. The average Bonchev–Trinajstić information content (AvgIpc) is 3.11. The van der Waals surface area contributed by atoms with Crippen LogP contribution in [0, 0.1) is 0 Å². The van der Waals surface area contributed by atoms with Crippen LogP contribution in [0.15, 0.2) is 23.3 Å². The van der Waals surface area contributed by atoms with Gasteiger partial charge < -0.3 is 14.9 Å². The summed E-state index contributed by atoms with van der Waals surface area (Å²) >= 11 is 0. The fraction of sp³-hybridized carbons (Fsp3) is 0.667. The first-order chi connectivity index (χ1) is 10.6. The number of aliphatic hydroxyl groups is 1. The Morgan fingerprint density at radius 2 is 2.09 bits per heavy atom. The van der Waals surface area contributed by atoms with Gasteiger partial charge in [0.15, 0.2) is 0 Å². The summed E-state index contributed by atoms with van der Waals surface area (Å²) < 4.78 is 1.29. The molecule has 1 amide bonds. The van der Waals surface area contributed by atoms with Gasteiger partial charge in [0.05, 0.1) is 12.1 Å². The van der Waals surface area contributed by atoms with Gasteiger partial charge in [0, 0.05) is 25.5 Å². The summed E-state index contributed by atoms with van der Waals surface area (Å²) in [5, 5.41) is 10.7. The fourth-order valence-electron chi connectivity index (χ4n) is 3.31. The van der Waals surface area contributed by atoms with E-state index in [1.165, 1.54) is 23.6 Å². The van der Waals surface area contributed by atoms with Gasteiger partial charge in [-0.15, -0.1) is 0 Å². The molecule has 0 saturated carbocycles. The SMILES string of the molecule is O=C(Cn1cccnc1=O)N1CCC(O)(CN2CCCC2)C1. The standard InChI is InChI=1S/C15H22N4O3/c20-13(10-18-8-3-5-16-14(18)21)19-9-4-15(22,12-19)11-17-6-1-2-7-17/h3,5,8,22H,1-2,4,6-7,9-12H2. The molecule has 0 spiro atoms. The van der Waals surface area contributed by atoms with Gasteiger partial charge in [-0.05, 0) is 38.4 Å². The maximum atomic E-state index is 12.3. The Hall–Kier alpha value is -1.73. The molecule has 7 nitrogen and oxygen atoms in total. The second-order valence-corrected chi connectivity index (χ2v) is 6.30. The molecule has 2 saturated heterocycles. The summed E-state index contributed by atoms with van der Waals surface area (Å²) in [6.07, 6.45) is 5.93. The molecular weight excluding hydrogens is 284 g/mol. The lowest BCUT2D eigenvalue weighted by Crippen LogP contribution is -2.45. The monoisotopic (exact) mass is 306 g/mol. The first-order valence-corrected chi connectivity index (χ1v) is 7.80. The van der Waals surface area contributed by atoms with E-state index < -0.39 is 11.3 Å². The van der Waals surface area contributed by atoms with Gasteiger partial charge in [-0.25, -0.2) is 9.78 Å². The van der Waals surface area contributed by atoms with Crippen molar-refractivity contribution in [2.75, 3.05) is 32.7 Å². The molecule has 0 aliphatic carbocycles. The van der Waals surface area contributed by atoms with Gasteiger partial charge in [-0.3, -0.25) is 9.36 Å². The summed E-state index contributed by atoms with van der Waals surface area (Å²) in [5.74, 6) is -0.146. The van der Waals surface area contributed by atoms with Crippen LogP contribution in [-0.4, -0.2) is 68.7 Å². The molecule has 2 aliphatic rings. The van der Waals surface area contributed by atoms with E-state index in [0.717, 1.165) is 13.1 Å². The molecule has 3 heterocycles. The van der Waals surface area contributed by atoms with E-state index >= 15 is 0 Å². The van der Waals surface area contributed by atoms with E-state index in [-0.39, 0.29) is 12.5 Å². The smallest absolute Gasteiger partial charge is 0.347 e. The minimum Gasteiger partial charge on any atom is -0.387 e. The van der Waals surface area contributed by atoms with Crippen molar-refractivity contribution in [2.24, 2.45) is 0 Å². The number of hydrogen-bond donors (Lipinski definition) is 1. The van der Waals surface area contributed by atoms with Gasteiger partial charge in [0.1, 0.15) is 6.54 Å². The Kier molecular flexibility index (Phi) is 4.26. The van der Waals surface area contributed by atoms with E-state index in [2.05, 4.69) is 9.88 Å². The Labute approximate surface area is 129 Å². The molecule has 1 N–H and O–H groups in total. The zero-order chi connectivity index (χ0) is 15.6. The number of likely N-dealkylation sites (tertiary alicyclic amines) is 2. The third-order valence-corrected chi connectivity index (χ3v) is 4.49. The fourth-order valence-corrected chi connectivity index (χ4v) is 3.31. The Bertz CT molecular complexity index is 596. The van der Waals surface area contributed by atoms with Crippen molar-refractivity contribution in [2.45, 2.75) is 31.4 Å². The van der Waals surface area contributed by atoms with E-state index in [1.807, 2.05) is 0 Å². The number of β-amino-alcohol motifs (C(OH)–C–C–N with tert-alkyl or cyclic N) is 1.